The third-order valence-corrected chi connectivity index (χ3v) is 4.20. The van der Waals surface area contributed by atoms with E-state index in [0.29, 0.717) is 28.1 Å². The van der Waals surface area contributed by atoms with Crippen molar-refractivity contribution in [2.24, 2.45) is 0 Å². The lowest BCUT2D eigenvalue weighted by Gasteiger charge is -2.07. The van der Waals surface area contributed by atoms with Crippen molar-refractivity contribution in [1.29, 1.82) is 0 Å². The number of thiophene rings is 1. The second-order valence-corrected chi connectivity index (χ2v) is 5.51. The van der Waals surface area contributed by atoms with Crippen molar-refractivity contribution < 1.29 is 19.4 Å². The number of rotatable bonds is 2. The van der Waals surface area contributed by atoms with Gasteiger partial charge in [-0.2, -0.15) is 0 Å². The van der Waals surface area contributed by atoms with Crippen LogP contribution in [-0.4, -0.2) is 22.9 Å². The highest BCUT2D eigenvalue weighted by molar-refractivity contribution is 7.13. The van der Waals surface area contributed by atoms with E-state index in [1.807, 2.05) is 17.5 Å². The van der Waals surface area contributed by atoms with Crippen molar-refractivity contribution in [3.63, 3.8) is 0 Å². The first-order chi connectivity index (χ1) is 10.2. The number of aromatic nitrogens is 1. The zero-order chi connectivity index (χ0) is 14.4. The van der Waals surface area contributed by atoms with Crippen molar-refractivity contribution in [3.05, 3.63) is 41.3 Å². The highest BCUT2D eigenvalue weighted by Gasteiger charge is 2.19. The van der Waals surface area contributed by atoms with Crippen LogP contribution in [0.4, 0.5) is 0 Å². The largest absolute Gasteiger partial charge is 0.478 e. The Labute approximate surface area is 123 Å². The molecule has 0 atom stereocenters. The second kappa shape index (κ2) is 4.46. The monoisotopic (exact) mass is 299 g/mol. The first-order valence-electron chi connectivity index (χ1n) is 6.24. The van der Waals surface area contributed by atoms with Crippen molar-refractivity contribution in [1.82, 2.24) is 4.98 Å². The number of hydrogen-bond donors (Lipinski definition) is 1. The minimum Gasteiger partial charge on any atom is -0.478 e. The molecule has 2 aromatic heterocycles. The third kappa shape index (κ3) is 1.92. The number of carboxylic acid groups (broad SMARTS) is 1. The predicted molar refractivity (Wildman–Crippen MR) is 78.1 cm³/mol. The van der Waals surface area contributed by atoms with Gasteiger partial charge in [0.05, 0.1) is 21.7 Å². The molecule has 4 rings (SSSR count). The third-order valence-electron chi connectivity index (χ3n) is 3.31. The molecule has 5 nitrogen and oxygen atoms in total. The quantitative estimate of drug-likeness (QED) is 0.785. The average Bonchev–Trinajstić information content (AvgIpc) is 3.14. The lowest BCUT2D eigenvalue weighted by molar-refractivity contribution is 0.0699. The number of nitrogens with zero attached hydrogens (tertiary/aromatic N) is 1. The zero-order valence-electron chi connectivity index (χ0n) is 10.7. The van der Waals surface area contributed by atoms with Gasteiger partial charge in [-0.1, -0.05) is 6.07 Å². The van der Waals surface area contributed by atoms with E-state index in [9.17, 15) is 9.90 Å². The topological polar surface area (TPSA) is 68.7 Å². The molecule has 0 saturated heterocycles. The van der Waals surface area contributed by atoms with E-state index in [2.05, 4.69) is 4.98 Å². The van der Waals surface area contributed by atoms with Gasteiger partial charge in [0, 0.05) is 11.5 Å². The summed E-state index contributed by atoms with van der Waals surface area (Å²) in [5, 5.41) is 11.9. The van der Waals surface area contributed by atoms with Gasteiger partial charge in [0.1, 0.15) is 0 Å². The number of ether oxygens (including phenoxy) is 2. The van der Waals surface area contributed by atoms with Crippen molar-refractivity contribution in [3.8, 4) is 22.1 Å². The van der Waals surface area contributed by atoms with Crippen LogP contribution in [0, 0.1) is 0 Å². The van der Waals surface area contributed by atoms with Crippen LogP contribution in [0.2, 0.25) is 0 Å². The molecule has 104 valence electrons. The number of pyridine rings is 1. The minimum absolute atomic E-state index is 0.145. The first kappa shape index (κ1) is 12.2. The van der Waals surface area contributed by atoms with E-state index in [0.717, 1.165) is 4.88 Å². The summed E-state index contributed by atoms with van der Waals surface area (Å²) in [5.74, 6) is 0.157. The summed E-state index contributed by atoms with van der Waals surface area (Å²) in [5.41, 5.74) is 1.44. The summed E-state index contributed by atoms with van der Waals surface area (Å²) in [6.45, 7) is 0.145. The SMILES string of the molecule is O=C(O)c1cc(-c2cccs2)nc2cc3c(cc12)OCO3. The Morgan fingerprint density at radius 2 is 2.05 bits per heavy atom. The van der Waals surface area contributed by atoms with Crippen molar-refractivity contribution in [2.45, 2.75) is 0 Å². The van der Waals surface area contributed by atoms with E-state index in [-0.39, 0.29) is 12.4 Å². The fourth-order valence-corrected chi connectivity index (χ4v) is 3.03. The standard InChI is InChI=1S/C15H9NO4S/c17-15(18)9-4-11(14-2-1-3-21-14)16-10-6-13-12(5-8(9)10)19-7-20-13/h1-6H,7H2,(H,17,18). The van der Waals surface area contributed by atoms with Crippen LogP contribution in [0.3, 0.4) is 0 Å². The maximum atomic E-state index is 11.5. The average molecular weight is 299 g/mol. The van der Waals surface area contributed by atoms with E-state index in [4.69, 9.17) is 9.47 Å². The lowest BCUT2D eigenvalue weighted by Crippen LogP contribution is -2.00. The Hall–Kier alpha value is -2.60. The highest BCUT2D eigenvalue weighted by atomic mass is 32.1. The maximum Gasteiger partial charge on any atom is 0.336 e. The summed E-state index contributed by atoms with van der Waals surface area (Å²) in [4.78, 5) is 17.0. The molecule has 21 heavy (non-hydrogen) atoms. The molecule has 1 N–H and O–H groups in total. The van der Waals surface area contributed by atoms with Gasteiger partial charge in [-0.05, 0) is 23.6 Å². The lowest BCUT2D eigenvalue weighted by atomic mass is 10.1. The minimum atomic E-state index is -0.987. The molecule has 0 amide bonds. The Kier molecular flexibility index (Phi) is 2.58. The van der Waals surface area contributed by atoms with Gasteiger partial charge in [-0.15, -0.1) is 11.3 Å². The smallest absolute Gasteiger partial charge is 0.336 e. The van der Waals surface area contributed by atoms with Gasteiger partial charge in [-0.3, -0.25) is 0 Å². The molecule has 1 aliphatic heterocycles. The summed E-state index contributed by atoms with van der Waals surface area (Å²) in [7, 11) is 0. The molecule has 3 aromatic rings. The van der Waals surface area contributed by atoms with Gasteiger partial charge in [0.25, 0.3) is 0 Å². The van der Waals surface area contributed by atoms with E-state index in [1.165, 1.54) is 11.3 Å². The number of carboxylic acids is 1. The van der Waals surface area contributed by atoms with Gasteiger partial charge in [0.15, 0.2) is 11.5 Å². The van der Waals surface area contributed by atoms with Crippen LogP contribution in [0.5, 0.6) is 11.5 Å². The Morgan fingerprint density at radius 1 is 1.24 bits per heavy atom. The predicted octanol–water partition coefficient (Wildman–Crippen LogP) is 3.39. The van der Waals surface area contributed by atoms with E-state index in [1.54, 1.807) is 18.2 Å². The first-order valence-corrected chi connectivity index (χ1v) is 7.12. The van der Waals surface area contributed by atoms with Crippen LogP contribution in [-0.2, 0) is 0 Å². The van der Waals surface area contributed by atoms with E-state index >= 15 is 0 Å². The van der Waals surface area contributed by atoms with Gasteiger partial charge >= 0.3 is 5.97 Å². The van der Waals surface area contributed by atoms with Crippen LogP contribution in [0.25, 0.3) is 21.5 Å². The molecule has 0 fully saturated rings. The molecule has 1 aliphatic rings. The molecule has 0 radical (unpaired) electrons. The Bertz CT molecular complexity index is 858. The summed E-state index contributed by atoms with van der Waals surface area (Å²) in [6.07, 6.45) is 0. The number of fused-ring (bicyclic) bond motifs is 2. The molecule has 0 saturated carbocycles. The van der Waals surface area contributed by atoms with E-state index < -0.39 is 5.97 Å². The molecule has 0 aliphatic carbocycles. The molecule has 6 heteroatoms. The van der Waals surface area contributed by atoms with Crippen LogP contribution in [0.15, 0.2) is 35.7 Å². The highest BCUT2D eigenvalue weighted by Crippen LogP contribution is 2.38. The molecule has 0 bridgehead atoms. The normalized spacial score (nSPS) is 12.8. The second-order valence-electron chi connectivity index (χ2n) is 4.56. The van der Waals surface area contributed by atoms with Crippen LogP contribution in [0.1, 0.15) is 10.4 Å². The molecule has 1 aromatic carbocycles. The van der Waals surface area contributed by atoms with Crippen LogP contribution >= 0.6 is 11.3 Å². The maximum absolute atomic E-state index is 11.5. The number of carbonyl (C=O) groups is 1. The zero-order valence-corrected chi connectivity index (χ0v) is 11.5. The Morgan fingerprint density at radius 3 is 2.76 bits per heavy atom. The van der Waals surface area contributed by atoms with Crippen molar-refractivity contribution >= 4 is 28.2 Å². The molecule has 0 unspecified atom stereocenters. The Balaban J connectivity index is 2.03. The van der Waals surface area contributed by atoms with Crippen LogP contribution < -0.4 is 9.47 Å². The number of benzene rings is 1. The fourth-order valence-electron chi connectivity index (χ4n) is 2.34. The fraction of sp³-hybridized carbons (Fsp3) is 0.0667. The van der Waals surface area contributed by atoms with Gasteiger partial charge in [-0.25, -0.2) is 9.78 Å². The van der Waals surface area contributed by atoms with Gasteiger partial charge in [0.2, 0.25) is 6.79 Å². The summed E-state index contributed by atoms with van der Waals surface area (Å²) in [6, 6.07) is 8.82. The molecule has 3 heterocycles. The molecular formula is C15H9NO4S. The molecular weight excluding hydrogens is 290 g/mol. The number of aromatic carboxylic acids is 1. The van der Waals surface area contributed by atoms with Crippen molar-refractivity contribution in [2.75, 3.05) is 6.79 Å². The molecule has 0 spiro atoms. The summed E-state index contributed by atoms with van der Waals surface area (Å²) < 4.78 is 10.6. The van der Waals surface area contributed by atoms with Gasteiger partial charge < -0.3 is 14.6 Å². The number of hydrogen-bond acceptors (Lipinski definition) is 5. The summed E-state index contributed by atoms with van der Waals surface area (Å²) >= 11 is 1.52.